The van der Waals surface area contributed by atoms with E-state index < -0.39 is 0 Å². The third kappa shape index (κ3) is 4.49. The summed E-state index contributed by atoms with van der Waals surface area (Å²) in [6, 6.07) is 8.50. The van der Waals surface area contributed by atoms with Crippen LogP contribution in [0, 0.1) is 5.82 Å². The second-order valence-corrected chi connectivity index (χ2v) is 5.40. The number of hydrogen-bond acceptors (Lipinski definition) is 2. The molecule has 0 heterocycles. The van der Waals surface area contributed by atoms with Gasteiger partial charge < -0.3 is 10.6 Å². The molecule has 0 spiro atoms. The van der Waals surface area contributed by atoms with Crippen LogP contribution >= 0.6 is 34.8 Å². The molecule has 0 saturated heterocycles. The van der Waals surface area contributed by atoms with Crippen molar-refractivity contribution in [2.75, 3.05) is 17.2 Å². The molecular formula is C14H10Cl3FN2O. The summed E-state index contributed by atoms with van der Waals surface area (Å²) < 4.78 is 12.7. The molecule has 0 atom stereocenters. The second kappa shape index (κ2) is 6.98. The van der Waals surface area contributed by atoms with Gasteiger partial charge in [-0.2, -0.15) is 0 Å². The molecule has 7 heteroatoms. The van der Waals surface area contributed by atoms with Crippen molar-refractivity contribution in [2.24, 2.45) is 0 Å². The van der Waals surface area contributed by atoms with Gasteiger partial charge in [-0.15, -0.1) is 0 Å². The van der Waals surface area contributed by atoms with Crippen LogP contribution in [0.5, 0.6) is 0 Å². The molecule has 0 aliphatic rings. The Labute approximate surface area is 136 Å². The van der Waals surface area contributed by atoms with Crippen molar-refractivity contribution in [2.45, 2.75) is 0 Å². The first-order chi connectivity index (χ1) is 9.95. The highest BCUT2D eigenvalue weighted by Gasteiger charge is 2.09. The molecule has 0 fully saturated rings. The van der Waals surface area contributed by atoms with Crippen molar-refractivity contribution in [1.29, 1.82) is 0 Å². The first kappa shape index (κ1) is 15.9. The van der Waals surface area contributed by atoms with Gasteiger partial charge in [0.1, 0.15) is 5.82 Å². The van der Waals surface area contributed by atoms with Crippen LogP contribution in [0.4, 0.5) is 15.8 Å². The molecule has 2 aromatic rings. The molecule has 0 saturated carbocycles. The van der Waals surface area contributed by atoms with Gasteiger partial charge in [-0.25, -0.2) is 4.39 Å². The number of hydrogen-bond donors (Lipinski definition) is 2. The number of amides is 1. The highest BCUT2D eigenvalue weighted by atomic mass is 35.5. The summed E-state index contributed by atoms with van der Waals surface area (Å²) in [7, 11) is 0. The van der Waals surface area contributed by atoms with Crippen LogP contribution in [0.2, 0.25) is 15.1 Å². The van der Waals surface area contributed by atoms with Gasteiger partial charge in [-0.1, -0.05) is 34.8 Å². The van der Waals surface area contributed by atoms with Crippen molar-refractivity contribution in [3.05, 3.63) is 57.3 Å². The van der Waals surface area contributed by atoms with Crippen molar-refractivity contribution >= 4 is 52.1 Å². The summed E-state index contributed by atoms with van der Waals surface area (Å²) >= 11 is 17.8. The van der Waals surface area contributed by atoms with Crippen LogP contribution < -0.4 is 10.6 Å². The summed E-state index contributed by atoms with van der Waals surface area (Å²) in [5.74, 6) is -0.686. The van der Waals surface area contributed by atoms with Crippen LogP contribution in [0.3, 0.4) is 0 Å². The SMILES string of the molecule is O=C(CNc1c(Cl)cc(Cl)cc1Cl)Nc1ccc(F)cc1. The molecule has 2 N–H and O–H groups in total. The lowest BCUT2D eigenvalue weighted by atomic mass is 10.3. The predicted octanol–water partition coefficient (Wildman–Crippen LogP) is 4.84. The van der Waals surface area contributed by atoms with Crippen molar-refractivity contribution in [3.63, 3.8) is 0 Å². The zero-order valence-electron chi connectivity index (χ0n) is 10.6. The lowest BCUT2D eigenvalue weighted by Crippen LogP contribution is -2.22. The Bertz CT molecular complexity index is 639. The van der Waals surface area contributed by atoms with E-state index in [0.29, 0.717) is 26.4 Å². The molecule has 0 bridgehead atoms. The van der Waals surface area contributed by atoms with E-state index in [0.717, 1.165) is 0 Å². The lowest BCUT2D eigenvalue weighted by Gasteiger charge is -2.11. The summed E-state index contributed by atoms with van der Waals surface area (Å²) in [6.07, 6.45) is 0. The van der Waals surface area contributed by atoms with E-state index in [4.69, 9.17) is 34.8 Å². The van der Waals surface area contributed by atoms with E-state index in [1.165, 1.54) is 36.4 Å². The summed E-state index contributed by atoms with van der Waals surface area (Å²) in [5, 5.41) is 6.49. The van der Waals surface area contributed by atoms with E-state index in [-0.39, 0.29) is 18.3 Å². The average Bonchev–Trinajstić information content (AvgIpc) is 2.40. The molecule has 0 unspecified atom stereocenters. The van der Waals surface area contributed by atoms with Gasteiger partial charge in [-0.3, -0.25) is 4.79 Å². The number of nitrogens with one attached hydrogen (secondary N) is 2. The van der Waals surface area contributed by atoms with E-state index >= 15 is 0 Å². The van der Waals surface area contributed by atoms with Crippen LogP contribution in [0.25, 0.3) is 0 Å². The minimum Gasteiger partial charge on any atom is -0.374 e. The predicted molar refractivity (Wildman–Crippen MR) is 85.0 cm³/mol. The van der Waals surface area contributed by atoms with E-state index in [2.05, 4.69) is 10.6 Å². The topological polar surface area (TPSA) is 41.1 Å². The smallest absolute Gasteiger partial charge is 0.243 e. The fourth-order valence-corrected chi connectivity index (χ4v) is 2.57. The maximum atomic E-state index is 12.7. The molecule has 0 aromatic heterocycles. The van der Waals surface area contributed by atoms with Crippen molar-refractivity contribution < 1.29 is 9.18 Å². The normalized spacial score (nSPS) is 10.3. The number of halogens is 4. The third-order valence-electron chi connectivity index (χ3n) is 2.56. The Morgan fingerprint density at radius 2 is 1.62 bits per heavy atom. The first-order valence-corrected chi connectivity index (χ1v) is 7.03. The molecule has 1 amide bonds. The Kier molecular flexibility index (Phi) is 5.28. The molecule has 110 valence electrons. The zero-order valence-corrected chi connectivity index (χ0v) is 12.9. The van der Waals surface area contributed by atoms with Gasteiger partial charge in [-0.05, 0) is 36.4 Å². The largest absolute Gasteiger partial charge is 0.374 e. The van der Waals surface area contributed by atoms with E-state index in [1.807, 2.05) is 0 Å². The zero-order chi connectivity index (χ0) is 15.4. The summed E-state index contributed by atoms with van der Waals surface area (Å²) in [4.78, 5) is 11.8. The van der Waals surface area contributed by atoms with Crippen LogP contribution in [0.15, 0.2) is 36.4 Å². The number of rotatable bonds is 4. The Hall–Kier alpha value is -1.49. The van der Waals surface area contributed by atoms with Crippen LogP contribution in [-0.4, -0.2) is 12.5 Å². The fraction of sp³-hybridized carbons (Fsp3) is 0.0714. The molecule has 2 aromatic carbocycles. The maximum Gasteiger partial charge on any atom is 0.243 e. The van der Waals surface area contributed by atoms with Crippen molar-refractivity contribution in [1.82, 2.24) is 0 Å². The van der Waals surface area contributed by atoms with Crippen LogP contribution in [-0.2, 0) is 4.79 Å². The van der Waals surface area contributed by atoms with Crippen LogP contribution in [0.1, 0.15) is 0 Å². The Balaban J connectivity index is 1.97. The van der Waals surface area contributed by atoms with Gasteiger partial charge in [0.2, 0.25) is 5.91 Å². The highest BCUT2D eigenvalue weighted by Crippen LogP contribution is 2.33. The quantitative estimate of drug-likeness (QED) is 0.831. The maximum absolute atomic E-state index is 12.7. The molecule has 21 heavy (non-hydrogen) atoms. The summed E-state index contributed by atoms with van der Waals surface area (Å²) in [6.45, 7) is -0.0432. The number of carbonyl (C=O) groups excluding carboxylic acids is 1. The van der Waals surface area contributed by atoms with E-state index in [1.54, 1.807) is 0 Å². The second-order valence-electron chi connectivity index (χ2n) is 4.15. The molecule has 0 radical (unpaired) electrons. The molecule has 0 aliphatic carbocycles. The standard InChI is InChI=1S/C14H10Cl3FN2O/c15-8-5-11(16)14(12(17)6-8)19-7-13(21)20-10-3-1-9(18)2-4-10/h1-6,19H,7H2,(H,20,21). The number of anilines is 2. The van der Waals surface area contributed by atoms with Gasteiger partial charge in [0, 0.05) is 10.7 Å². The molecule has 3 nitrogen and oxygen atoms in total. The van der Waals surface area contributed by atoms with E-state index in [9.17, 15) is 9.18 Å². The van der Waals surface area contributed by atoms with Gasteiger partial charge in [0.25, 0.3) is 0 Å². The Morgan fingerprint density at radius 3 is 2.19 bits per heavy atom. The van der Waals surface area contributed by atoms with Gasteiger partial charge >= 0.3 is 0 Å². The van der Waals surface area contributed by atoms with Gasteiger partial charge in [0.15, 0.2) is 0 Å². The first-order valence-electron chi connectivity index (χ1n) is 5.89. The molecule has 0 aliphatic heterocycles. The lowest BCUT2D eigenvalue weighted by molar-refractivity contribution is -0.114. The van der Waals surface area contributed by atoms with Crippen molar-refractivity contribution in [3.8, 4) is 0 Å². The average molecular weight is 348 g/mol. The monoisotopic (exact) mass is 346 g/mol. The Morgan fingerprint density at radius 1 is 1.05 bits per heavy atom. The highest BCUT2D eigenvalue weighted by molar-refractivity contribution is 6.41. The fourth-order valence-electron chi connectivity index (χ4n) is 1.62. The number of benzene rings is 2. The third-order valence-corrected chi connectivity index (χ3v) is 3.37. The minimum absolute atomic E-state index is 0.0432. The minimum atomic E-state index is -0.370. The number of carbonyl (C=O) groups is 1. The molecular weight excluding hydrogens is 338 g/mol. The van der Waals surface area contributed by atoms with Gasteiger partial charge in [0.05, 0.1) is 22.3 Å². The summed E-state index contributed by atoms with van der Waals surface area (Å²) in [5.41, 5.74) is 0.925. The molecule has 2 rings (SSSR count).